The lowest BCUT2D eigenvalue weighted by Crippen LogP contribution is -2.15. The second-order valence-electron chi connectivity index (χ2n) is 3.89. The number of rotatable bonds is 2. The van der Waals surface area contributed by atoms with Crippen LogP contribution in [0.4, 0.5) is 11.5 Å². The molecule has 0 saturated carbocycles. The molecule has 1 aromatic heterocycles. The number of nitrogens with two attached hydrogens (primary N) is 1. The molecular formula is C13H13N3O2. The molecule has 0 saturated heterocycles. The number of phenolic OH excluding ortho intramolecular Hbond substituents is 1. The summed E-state index contributed by atoms with van der Waals surface area (Å²) in [5.41, 5.74) is 7.25. The molecule has 18 heavy (non-hydrogen) atoms. The van der Waals surface area contributed by atoms with Crippen molar-refractivity contribution in [1.29, 1.82) is 0 Å². The summed E-state index contributed by atoms with van der Waals surface area (Å²) in [5.74, 6) is -0.0824. The number of aryl methyl sites for hydroxylation is 1. The van der Waals surface area contributed by atoms with Crippen molar-refractivity contribution in [1.82, 2.24) is 4.98 Å². The Labute approximate surface area is 104 Å². The molecule has 0 aliphatic heterocycles. The van der Waals surface area contributed by atoms with E-state index < -0.39 is 0 Å². The van der Waals surface area contributed by atoms with Gasteiger partial charge in [0.2, 0.25) is 0 Å². The molecule has 0 unspecified atom stereocenters. The average molecular weight is 243 g/mol. The third kappa shape index (κ3) is 2.57. The van der Waals surface area contributed by atoms with Gasteiger partial charge in [-0.3, -0.25) is 4.79 Å². The van der Waals surface area contributed by atoms with E-state index in [-0.39, 0.29) is 17.5 Å². The van der Waals surface area contributed by atoms with Crippen LogP contribution in [0.25, 0.3) is 0 Å². The lowest BCUT2D eigenvalue weighted by atomic mass is 10.2. The minimum absolute atomic E-state index is 0.0859. The quantitative estimate of drug-likeness (QED) is 0.752. The van der Waals surface area contributed by atoms with E-state index in [1.807, 2.05) is 0 Å². The standard InChI is InChI=1S/C13H13N3O2/c1-8-5-6-11(12(14)15-8)13(18)16-9-3-2-4-10(17)7-9/h2-7,17H,1H3,(H2,14,15)(H,16,18). The van der Waals surface area contributed by atoms with Gasteiger partial charge in [-0.25, -0.2) is 4.98 Å². The molecule has 0 spiro atoms. The molecule has 0 bridgehead atoms. The van der Waals surface area contributed by atoms with E-state index in [4.69, 9.17) is 5.73 Å². The summed E-state index contributed by atoms with van der Waals surface area (Å²) < 4.78 is 0. The Hall–Kier alpha value is -2.56. The van der Waals surface area contributed by atoms with Crippen LogP contribution >= 0.6 is 0 Å². The van der Waals surface area contributed by atoms with Crippen LogP contribution in [0.15, 0.2) is 36.4 Å². The largest absolute Gasteiger partial charge is 0.508 e. The number of hydrogen-bond donors (Lipinski definition) is 3. The number of aromatic nitrogens is 1. The molecule has 0 aliphatic carbocycles. The van der Waals surface area contributed by atoms with Crippen LogP contribution in [0.3, 0.4) is 0 Å². The van der Waals surface area contributed by atoms with E-state index in [1.165, 1.54) is 12.1 Å². The van der Waals surface area contributed by atoms with E-state index in [9.17, 15) is 9.90 Å². The third-order valence-electron chi connectivity index (χ3n) is 2.41. The zero-order chi connectivity index (χ0) is 13.1. The second-order valence-corrected chi connectivity index (χ2v) is 3.89. The highest BCUT2D eigenvalue weighted by Crippen LogP contribution is 2.17. The summed E-state index contributed by atoms with van der Waals surface area (Å²) in [4.78, 5) is 16.0. The van der Waals surface area contributed by atoms with Crippen molar-refractivity contribution in [2.75, 3.05) is 11.1 Å². The van der Waals surface area contributed by atoms with Crippen molar-refractivity contribution in [2.24, 2.45) is 0 Å². The zero-order valence-corrected chi connectivity index (χ0v) is 9.84. The van der Waals surface area contributed by atoms with Gasteiger partial charge in [0.15, 0.2) is 0 Å². The molecule has 1 amide bonds. The van der Waals surface area contributed by atoms with Crippen LogP contribution in [0.5, 0.6) is 5.75 Å². The van der Waals surface area contributed by atoms with Crippen LogP contribution in [-0.4, -0.2) is 16.0 Å². The van der Waals surface area contributed by atoms with Crippen LogP contribution in [0.2, 0.25) is 0 Å². The Morgan fingerprint density at radius 2 is 2.11 bits per heavy atom. The van der Waals surface area contributed by atoms with Gasteiger partial charge in [0.1, 0.15) is 11.6 Å². The molecule has 1 heterocycles. The fourth-order valence-corrected chi connectivity index (χ4v) is 1.55. The number of nitrogen functional groups attached to an aromatic ring is 1. The molecule has 0 fully saturated rings. The predicted molar refractivity (Wildman–Crippen MR) is 69.4 cm³/mol. The summed E-state index contributed by atoms with van der Waals surface area (Å²) in [6.07, 6.45) is 0. The first-order valence-electron chi connectivity index (χ1n) is 5.40. The highest BCUT2D eigenvalue weighted by atomic mass is 16.3. The maximum Gasteiger partial charge on any atom is 0.259 e. The van der Waals surface area contributed by atoms with Crippen molar-refractivity contribution >= 4 is 17.4 Å². The van der Waals surface area contributed by atoms with Gasteiger partial charge in [-0.15, -0.1) is 0 Å². The van der Waals surface area contributed by atoms with Gasteiger partial charge in [-0.1, -0.05) is 6.07 Å². The van der Waals surface area contributed by atoms with Gasteiger partial charge < -0.3 is 16.2 Å². The first-order valence-corrected chi connectivity index (χ1v) is 5.40. The lowest BCUT2D eigenvalue weighted by molar-refractivity contribution is 0.102. The van der Waals surface area contributed by atoms with Gasteiger partial charge in [0.05, 0.1) is 5.56 Å². The molecule has 0 aliphatic rings. The van der Waals surface area contributed by atoms with Gasteiger partial charge in [-0.05, 0) is 31.2 Å². The Bertz CT molecular complexity index is 597. The van der Waals surface area contributed by atoms with Gasteiger partial charge in [0.25, 0.3) is 5.91 Å². The Morgan fingerprint density at radius 3 is 2.78 bits per heavy atom. The van der Waals surface area contributed by atoms with Gasteiger partial charge in [0, 0.05) is 17.4 Å². The maximum absolute atomic E-state index is 11.9. The number of carbonyl (C=O) groups excluding carboxylic acids is 1. The highest BCUT2D eigenvalue weighted by molar-refractivity contribution is 6.07. The molecular weight excluding hydrogens is 230 g/mol. The van der Waals surface area contributed by atoms with E-state index in [2.05, 4.69) is 10.3 Å². The number of phenols is 1. The average Bonchev–Trinajstić information content (AvgIpc) is 2.28. The molecule has 4 N–H and O–H groups in total. The number of anilines is 2. The summed E-state index contributed by atoms with van der Waals surface area (Å²) in [6.45, 7) is 1.80. The van der Waals surface area contributed by atoms with Crippen LogP contribution in [-0.2, 0) is 0 Å². The van der Waals surface area contributed by atoms with Crippen LogP contribution < -0.4 is 11.1 Å². The number of benzene rings is 1. The topological polar surface area (TPSA) is 88.2 Å². The summed E-state index contributed by atoms with van der Waals surface area (Å²) in [5, 5.41) is 11.9. The maximum atomic E-state index is 11.9. The smallest absolute Gasteiger partial charge is 0.259 e. The van der Waals surface area contributed by atoms with E-state index in [0.29, 0.717) is 11.3 Å². The molecule has 5 nitrogen and oxygen atoms in total. The number of aromatic hydroxyl groups is 1. The van der Waals surface area contributed by atoms with E-state index in [1.54, 1.807) is 31.2 Å². The SMILES string of the molecule is Cc1ccc(C(=O)Nc2cccc(O)c2)c(N)n1. The lowest BCUT2D eigenvalue weighted by Gasteiger charge is -2.07. The third-order valence-corrected chi connectivity index (χ3v) is 2.41. The fraction of sp³-hybridized carbons (Fsp3) is 0.0769. The number of amides is 1. The van der Waals surface area contributed by atoms with E-state index >= 15 is 0 Å². The molecule has 5 heteroatoms. The Morgan fingerprint density at radius 1 is 1.33 bits per heavy atom. The van der Waals surface area contributed by atoms with Crippen molar-refractivity contribution in [3.8, 4) is 5.75 Å². The van der Waals surface area contributed by atoms with Crippen molar-refractivity contribution < 1.29 is 9.90 Å². The van der Waals surface area contributed by atoms with Crippen molar-refractivity contribution in [3.05, 3.63) is 47.7 Å². The molecule has 0 radical (unpaired) electrons. The van der Waals surface area contributed by atoms with E-state index in [0.717, 1.165) is 5.69 Å². The fourth-order valence-electron chi connectivity index (χ4n) is 1.55. The van der Waals surface area contributed by atoms with Gasteiger partial charge >= 0.3 is 0 Å². The van der Waals surface area contributed by atoms with Crippen LogP contribution in [0, 0.1) is 6.92 Å². The monoisotopic (exact) mass is 243 g/mol. The van der Waals surface area contributed by atoms with Crippen LogP contribution in [0.1, 0.15) is 16.1 Å². The molecule has 92 valence electrons. The Balaban J connectivity index is 2.22. The first kappa shape index (κ1) is 11.9. The number of pyridine rings is 1. The molecule has 2 aromatic rings. The summed E-state index contributed by atoms with van der Waals surface area (Å²) in [6, 6.07) is 9.63. The van der Waals surface area contributed by atoms with Gasteiger partial charge in [-0.2, -0.15) is 0 Å². The normalized spacial score (nSPS) is 10.1. The second kappa shape index (κ2) is 4.75. The Kier molecular flexibility index (Phi) is 3.14. The number of nitrogens with zero attached hydrogens (tertiary/aromatic N) is 1. The first-order chi connectivity index (χ1) is 8.56. The number of nitrogens with one attached hydrogen (secondary N) is 1. The minimum Gasteiger partial charge on any atom is -0.508 e. The summed E-state index contributed by atoms with van der Waals surface area (Å²) >= 11 is 0. The molecule has 1 aromatic carbocycles. The highest BCUT2D eigenvalue weighted by Gasteiger charge is 2.11. The summed E-state index contributed by atoms with van der Waals surface area (Å²) in [7, 11) is 0. The molecule has 2 rings (SSSR count). The molecule has 0 atom stereocenters. The number of carbonyl (C=O) groups is 1. The van der Waals surface area contributed by atoms with Crippen molar-refractivity contribution in [3.63, 3.8) is 0 Å². The minimum atomic E-state index is -0.356. The predicted octanol–water partition coefficient (Wildman–Crippen LogP) is 1.93. The number of hydrogen-bond acceptors (Lipinski definition) is 4. The zero-order valence-electron chi connectivity index (χ0n) is 9.84. The van der Waals surface area contributed by atoms with Crippen molar-refractivity contribution in [2.45, 2.75) is 6.92 Å².